The number of aryl methyl sites for hydroxylation is 2. The lowest BCUT2D eigenvalue weighted by molar-refractivity contribution is -0.131. The summed E-state index contributed by atoms with van der Waals surface area (Å²) in [6.45, 7) is 3.65. The number of anilines is 2. The van der Waals surface area contributed by atoms with Crippen molar-refractivity contribution < 1.29 is 19.5 Å². The van der Waals surface area contributed by atoms with Crippen LogP contribution in [-0.2, 0) is 4.79 Å². The van der Waals surface area contributed by atoms with Crippen molar-refractivity contribution >= 4 is 35.4 Å². The summed E-state index contributed by atoms with van der Waals surface area (Å²) >= 11 is 0. The smallest absolute Gasteiger partial charge is 0.328 e. The molecule has 7 nitrogen and oxygen atoms in total. The lowest BCUT2D eigenvalue weighted by Gasteiger charge is -2.13. The molecule has 0 aliphatic heterocycles. The van der Waals surface area contributed by atoms with Crippen LogP contribution in [0.15, 0.2) is 42.5 Å². The predicted molar refractivity (Wildman–Crippen MR) is 100 cm³/mol. The van der Waals surface area contributed by atoms with E-state index in [-0.39, 0.29) is 5.91 Å². The zero-order valence-electron chi connectivity index (χ0n) is 14.4. The van der Waals surface area contributed by atoms with Crippen molar-refractivity contribution in [2.24, 2.45) is 5.73 Å². The summed E-state index contributed by atoms with van der Waals surface area (Å²) in [5.41, 5.74) is 8.85. The van der Waals surface area contributed by atoms with E-state index >= 15 is 0 Å². The second-order valence-electron chi connectivity index (χ2n) is 5.73. The van der Waals surface area contributed by atoms with E-state index in [0.717, 1.165) is 22.8 Å². The first-order valence-electron chi connectivity index (χ1n) is 7.76. The zero-order chi connectivity index (χ0) is 19.3. The SMILES string of the molecule is Cc1cc(C=CC(=O)O)cc(C)c1NC(=O)c1cccc(NC(N)=O)c1. The van der Waals surface area contributed by atoms with E-state index in [1.807, 2.05) is 13.8 Å². The Labute approximate surface area is 150 Å². The van der Waals surface area contributed by atoms with Gasteiger partial charge in [-0.05, 0) is 66.9 Å². The highest BCUT2D eigenvalue weighted by molar-refractivity contribution is 6.06. The monoisotopic (exact) mass is 353 g/mol. The Bertz CT molecular complexity index is 880. The molecule has 0 aliphatic rings. The molecule has 7 heteroatoms. The molecule has 26 heavy (non-hydrogen) atoms. The normalized spacial score (nSPS) is 10.5. The van der Waals surface area contributed by atoms with E-state index in [4.69, 9.17) is 10.8 Å². The first-order chi connectivity index (χ1) is 12.3. The van der Waals surface area contributed by atoms with Crippen molar-refractivity contribution in [1.29, 1.82) is 0 Å². The van der Waals surface area contributed by atoms with Gasteiger partial charge in [-0.3, -0.25) is 4.79 Å². The van der Waals surface area contributed by atoms with Gasteiger partial charge in [0.15, 0.2) is 0 Å². The quantitative estimate of drug-likeness (QED) is 0.617. The van der Waals surface area contributed by atoms with E-state index in [9.17, 15) is 14.4 Å². The molecular weight excluding hydrogens is 334 g/mol. The summed E-state index contributed by atoms with van der Waals surface area (Å²) in [4.78, 5) is 34.1. The molecule has 5 N–H and O–H groups in total. The maximum absolute atomic E-state index is 12.5. The second-order valence-corrected chi connectivity index (χ2v) is 5.73. The van der Waals surface area contributed by atoms with Gasteiger partial charge < -0.3 is 21.5 Å². The van der Waals surface area contributed by atoms with Crippen molar-refractivity contribution in [3.8, 4) is 0 Å². The van der Waals surface area contributed by atoms with E-state index in [1.54, 1.807) is 30.3 Å². The number of urea groups is 1. The molecule has 0 saturated carbocycles. The van der Waals surface area contributed by atoms with Crippen LogP contribution in [0.25, 0.3) is 6.08 Å². The molecule has 0 aromatic heterocycles. The van der Waals surface area contributed by atoms with Gasteiger partial charge in [-0.15, -0.1) is 0 Å². The van der Waals surface area contributed by atoms with Crippen LogP contribution >= 0.6 is 0 Å². The van der Waals surface area contributed by atoms with E-state index < -0.39 is 12.0 Å². The zero-order valence-corrected chi connectivity index (χ0v) is 14.4. The number of carboxylic acid groups (broad SMARTS) is 1. The van der Waals surface area contributed by atoms with Crippen molar-refractivity contribution in [1.82, 2.24) is 0 Å². The highest BCUT2D eigenvalue weighted by Crippen LogP contribution is 2.24. The number of hydrogen-bond acceptors (Lipinski definition) is 3. The molecule has 0 fully saturated rings. The van der Waals surface area contributed by atoms with Gasteiger partial charge in [-0.1, -0.05) is 6.07 Å². The van der Waals surface area contributed by atoms with Gasteiger partial charge in [0.1, 0.15) is 0 Å². The average molecular weight is 353 g/mol. The van der Waals surface area contributed by atoms with E-state index in [2.05, 4.69) is 10.6 Å². The Hall–Kier alpha value is -3.61. The lowest BCUT2D eigenvalue weighted by atomic mass is 10.0. The Morgan fingerprint density at radius 3 is 2.27 bits per heavy atom. The third-order valence-corrected chi connectivity index (χ3v) is 3.60. The van der Waals surface area contributed by atoms with Crippen LogP contribution in [0.5, 0.6) is 0 Å². The topological polar surface area (TPSA) is 122 Å². The van der Waals surface area contributed by atoms with Gasteiger partial charge in [0.25, 0.3) is 5.91 Å². The van der Waals surface area contributed by atoms with Crippen LogP contribution in [-0.4, -0.2) is 23.0 Å². The molecular formula is C19H19N3O4. The Kier molecular flexibility index (Phi) is 5.74. The minimum atomic E-state index is -1.03. The molecule has 0 radical (unpaired) electrons. The summed E-state index contributed by atoms with van der Waals surface area (Å²) in [5, 5.41) is 14.0. The minimum Gasteiger partial charge on any atom is -0.478 e. The average Bonchev–Trinajstić information content (AvgIpc) is 2.55. The van der Waals surface area contributed by atoms with Crippen molar-refractivity contribution in [2.45, 2.75) is 13.8 Å². The number of nitrogens with two attached hydrogens (primary N) is 1. The van der Waals surface area contributed by atoms with Crippen LogP contribution in [0.3, 0.4) is 0 Å². The predicted octanol–water partition coefficient (Wildman–Crippen LogP) is 3.14. The number of aliphatic carboxylic acids is 1. The molecule has 0 atom stereocenters. The van der Waals surface area contributed by atoms with E-state index in [1.165, 1.54) is 12.1 Å². The second kappa shape index (κ2) is 7.98. The fourth-order valence-corrected chi connectivity index (χ4v) is 2.52. The van der Waals surface area contributed by atoms with Gasteiger partial charge in [0, 0.05) is 23.0 Å². The highest BCUT2D eigenvalue weighted by atomic mass is 16.4. The lowest BCUT2D eigenvalue weighted by Crippen LogP contribution is -2.20. The van der Waals surface area contributed by atoms with E-state index in [0.29, 0.717) is 16.9 Å². The molecule has 2 aromatic rings. The highest BCUT2D eigenvalue weighted by Gasteiger charge is 2.11. The number of hydrogen-bond donors (Lipinski definition) is 4. The van der Waals surface area contributed by atoms with Crippen LogP contribution in [0, 0.1) is 13.8 Å². The standard InChI is InChI=1S/C19H19N3O4/c1-11-8-13(6-7-16(23)24)9-12(2)17(11)22-18(25)14-4-3-5-15(10-14)21-19(20)26/h3-10H,1-2H3,(H,22,25)(H,23,24)(H3,20,21,26). The number of carbonyl (C=O) groups excluding carboxylic acids is 2. The van der Waals surface area contributed by atoms with Gasteiger partial charge in [-0.2, -0.15) is 0 Å². The van der Waals surface area contributed by atoms with Crippen LogP contribution < -0.4 is 16.4 Å². The fourth-order valence-electron chi connectivity index (χ4n) is 2.52. The number of carbonyl (C=O) groups is 3. The van der Waals surface area contributed by atoms with Gasteiger partial charge in [0.2, 0.25) is 0 Å². The number of carboxylic acids is 1. The summed E-state index contributed by atoms with van der Waals surface area (Å²) in [6.07, 6.45) is 2.55. The third kappa shape index (κ3) is 4.94. The molecule has 0 spiro atoms. The van der Waals surface area contributed by atoms with Crippen LogP contribution in [0.4, 0.5) is 16.2 Å². The molecule has 0 heterocycles. The molecule has 0 unspecified atom stereocenters. The minimum absolute atomic E-state index is 0.335. The summed E-state index contributed by atoms with van der Waals surface area (Å²) in [5.74, 6) is -1.36. The number of nitrogens with one attached hydrogen (secondary N) is 2. The number of primary amides is 1. The first kappa shape index (κ1) is 18.7. The first-order valence-corrected chi connectivity index (χ1v) is 7.76. The maximum atomic E-state index is 12.5. The Morgan fingerprint density at radius 1 is 1.04 bits per heavy atom. The number of rotatable bonds is 5. The molecule has 0 bridgehead atoms. The molecule has 0 aliphatic carbocycles. The number of amides is 3. The van der Waals surface area contributed by atoms with Crippen molar-refractivity contribution in [3.63, 3.8) is 0 Å². The Balaban J connectivity index is 2.24. The molecule has 134 valence electrons. The fraction of sp³-hybridized carbons (Fsp3) is 0.105. The van der Waals surface area contributed by atoms with Gasteiger partial charge in [-0.25, -0.2) is 9.59 Å². The third-order valence-electron chi connectivity index (χ3n) is 3.60. The summed E-state index contributed by atoms with van der Waals surface area (Å²) in [7, 11) is 0. The number of benzene rings is 2. The van der Waals surface area contributed by atoms with Gasteiger partial charge >= 0.3 is 12.0 Å². The summed E-state index contributed by atoms with van der Waals surface area (Å²) < 4.78 is 0. The molecule has 2 rings (SSSR count). The largest absolute Gasteiger partial charge is 0.478 e. The Morgan fingerprint density at radius 2 is 1.69 bits per heavy atom. The van der Waals surface area contributed by atoms with Crippen molar-refractivity contribution in [3.05, 3.63) is 64.7 Å². The van der Waals surface area contributed by atoms with Gasteiger partial charge in [0.05, 0.1) is 0 Å². The molecule has 2 aromatic carbocycles. The maximum Gasteiger partial charge on any atom is 0.328 e. The molecule has 0 saturated heterocycles. The van der Waals surface area contributed by atoms with Crippen LogP contribution in [0.2, 0.25) is 0 Å². The van der Waals surface area contributed by atoms with Crippen LogP contribution in [0.1, 0.15) is 27.0 Å². The van der Waals surface area contributed by atoms with Crippen molar-refractivity contribution in [2.75, 3.05) is 10.6 Å². The summed E-state index contributed by atoms with van der Waals surface area (Å²) in [6, 6.07) is 9.27. The molecule has 3 amide bonds.